The Kier molecular flexibility index (Phi) is 5.83. The Balaban J connectivity index is 1.16. The molecule has 0 unspecified atom stereocenters. The van der Waals surface area contributed by atoms with Crippen molar-refractivity contribution in [2.45, 2.75) is 44.7 Å². The molecule has 2 aliphatic heterocycles. The predicted molar refractivity (Wildman–Crippen MR) is 126 cm³/mol. The number of nitrogens with zero attached hydrogens (tertiary/aromatic N) is 3. The van der Waals surface area contributed by atoms with Crippen LogP contribution in [0.5, 0.6) is 0 Å². The highest BCUT2D eigenvalue weighted by atomic mass is 16.2. The van der Waals surface area contributed by atoms with Crippen LogP contribution in [0.25, 0.3) is 10.8 Å². The number of amides is 4. The quantitative estimate of drug-likeness (QED) is 0.730. The van der Waals surface area contributed by atoms with Gasteiger partial charge in [-0.15, -0.1) is 0 Å². The largest absolute Gasteiger partial charge is 0.339 e. The number of hydrogen-bond donors (Lipinski definition) is 1. The van der Waals surface area contributed by atoms with Gasteiger partial charge in [0.1, 0.15) is 12.1 Å². The molecule has 7 nitrogen and oxygen atoms in total. The highest BCUT2D eigenvalue weighted by Crippen LogP contribution is 2.36. The molecule has 1 spiro atoms. The molecule has 0 bridgehead atoms. The second-order valence-electron chi connectivity index (χ2n) is 9.88. The summed E-state index contributed by atoms with van der Waals surface area (Å²) in [5.41, 5.74) is 0.500. The van der Waals surface area contributed by atoms with Crippen molar-refractivity contribution in [3.05, 3.63) is 48.0 Å². The highest BCUT2D eigenvalue weighted by molar-refractivity contribution is 6.09. The third-order valence-corrected chi connectivity index (χ3v) is 7.67. The first-order valence-corrected chi connectivity index (χ1v) is 12.1. The van der Waals surface area contributed by atoms with Crippen LogP contribution in [0, 0.1) is 5.92 Å². The van der Waals surface area contributed by atoms with E-state index >= 15 is 0 Å². The van der Waals surface area contributed by atoms with Crippen molar-refractivity contribution in [3.8, 4) is 0 Å². The molecule has 1 saturated carbocycles. The normalized spacial score (nSPS) is 26.3. The lowest BCUT2D eigenvalue weighted by Gasteiger charge is -2.36. The zero-order valence-corrected chi connectivity index (χ0v) is 19.3. The Bertz CT molecular complexity index is 1060. The van der Waals surface area contributed by atoms with Crippen LogP contribution in [-0.2, 0) is 16.1 Å². The number of nitrogens with one attached hydrogen (secondary N) is 1. The van der Waals surface area contributed by atoms with Gasteiger partial charge in [0, 0.05) is 32.7 Å². The fourth-order valence-electron chi connectivity index (χ4n) is 5.48. The lowest BCUT2D eigenvalue weighted by atomic mass is 9.77. The first-order valence-electron chi connectivity index (χ1n) is 12.1. The van der Waals surface area contributed by atoms with Gasteiger partial charge >= 0.3 is 6.03 Å². The van der Waals surface area contributed by atoms with Crippen molar-refractivity contribution in [3.63, 3.8) is 0 Å². The van der Waals surface area contributed by atoms with Gasteiger partial charge in [-0.2, -0.15) is 0 Å². The lowest BCUT2D eigenvalue weighted by Crippen LogP contribution is -2.52. The van der Waals surface area contributed by atoms with E-state index in [1.165, 1.54) is 16.3 Å². The molecule has 174 valence electrons. The van der Waals surface area contributed by atoms with Crippen molar-refractivity contribution in [1.29, 1.82) is 0 Å². The number of benzene rings is 2. The fourth-order valence-corrected chi connectivity index (χ4v) is 5.48. The summed E-state index contributed by atoms with van der Waals surface area (Å²) in [4.78, 5) is 43.8. The first kappa shape index (κ1) is 21.9. The SMILES string of the molecule is CC1CCC2(CC1)NC(=O)N(CC(=O)N1CCN(Cc3cccc4ccccc34)CC1)C2=O. The summed E-state index contributed by atoms with van der Waals surface area (Å²) < 4.78 is 0. The molecule has 1 N–H and O–H groups in total. The minimum absolute atomic E-state index is 0.149. The number of urea groups is 1. The zero-order chi connectivity index (χ0) is 23.0. The van der Waals surface area contributed by atoms with Crippen molar-refractivity contribution in [2.24, 2.45) is 5.92 Å². The van der Waals surface area contributed by atoms with E-state index in [2.05, 4.69) is 59.6 Å². The van der Waals surface area contributed by atoms with Gasteiger partial charge in [-0.3, -0.25) is 19.4 Å². The van der Waals surface area contributed by atoms with Gasteiger partial charge in [0.25, 0.3) is 5.91 Å². The van der Waals surface area contributed by atoms with E-state index < -0.39 is 11.6 Å². The number of carbonyl (C=O) groups is 3. The fraction of sp³-hybridized carbons (Fsp3) is 0.500. The van der Waals surface area contributed by atoms with Crippen LogP contribution in [0.4, 0.5) is 4.79 Å². The third-order valence-electron chi connectivity index (χ3n) is 7.67. The second kappa shape index (κ2) is 8.78. The Morgan fingerprint density at radius 3 is 2.45 bits per heavy atom. The Labute approximate surface area is 194 Å². The van der Waals surface area contributed by atoms with Crippen LogP contribution in [0.3, 0.4) is 0 Å². The maximum absolute atomic E-state index is 13.0. The Morgan fingerprint density at radius 2 is 1.70 bits per heavy atom. The Hall–Kier alpha value is -2.93. The van der Waals surface area contributed by atoms with Crippen LogP contribution >= 0.6 is 0 Å². The van der Waals surface area contributed by atoms with Gasteiger partial charge in [-0.1, -0.05) is 49.4 Å². The monoisotopic (exact) mass is 448 g/mol. The predicted octanol–water partition coefficient (Wildman–Crippen LogP) is 2.98. The minimum Gasteiger partial charge on any atom is -0.339 e. The standard InChI is InChI=1S/C26H32N4O3/c1-19-9-11-26(12-10-19)24(32)30(25(33)27-26)18-23(31)29-15-13-28(14-16-29)17-21-7-4-6-20-5-2-3-8-22(20)21/h2-8,19H,9-18H2,1H3,(H,27,33). The number of hydrogen-bond acceptors (Lipinski definition) is 4. The molecule has 3 fully saturated rings. The molecule has 0 radical (unpaired) electrons. The molecule has 4 amide bonds. The van der Waals surface area contributed by atoms with E-state index in [0.717, 1.165) is 37.4 Å². The molecule has 2 heterocycles. The van der Waals surface area contributed by atoms with Gasteiger partial charge in [-0.05, 0) is 47.9 Å². The van der Waals surface area contributed by atoms with Crippen molar-refractivity contribution in [2.75, 3.05) is 32.7 Å². The van der Waals surface area contributed by atoms with E-state index in [4.69, 9.17) is 0 Å². The summed E-state index contributed by atoms with van der Waals surface area (Å²) in [6.45, 7) is 5.62. The molecular formula is C26H32N4O3. The average molecular weight is 449 g/mol. The van der Waals surface area contributed by atoms with Gasteiger partial charge < -0.3 is 10.2 Å². The maximum Gasteiger partial charge on any atom is 0.325 e. The summed E-state index contributed by atoms with van der Waals surface area (Å²) in [6, 6.07) is 14.4. The van der Waals surface area contributed by atoms with Gasteiger partial charge in [0.15, 0.2) is 0 Å². The smallest absolute Gasteiger partial charge is 0.325 e. The van der Waals surface area contributed by atoms with Gasteiger partial charge in [0.2, 0.25) is 5.91 Å². The molecule has 3 aliphatic rings. The summed E-state index contributed by atoms with van der Waals surface area (Å²) in [5, 5.41) is 5.41. The molecule has 0 atom stereocenters. The number of piperazine rings is 1. The van der Waals surface area contributed by atoms with E-state index in [9.17, 15) is 14.4 Å². The first-order chi connectivity index (χ1) is 15.9. The molecule has 33 heavy (non-hydrogen) atoms. The molecule has 0 aromatic heterocycles. The maximum atomic E-state index is 13.0. The summed E-state index contributed by atoms with van der Waals surface area (Å²) in [5.74, 6) is 0.202. The number of carbonyl (C=O) groups excluding carboxylic acids is 3. The molecule has 5 rings (SSSR count). The number of rotatable bonds is 4. The summed E-state index contributed by atoms with van der Waals surface area (Å²) in [7, 11) is 0. The van der Waals surface area contributed by atoms with E-state index in [1.807, 2.05) is 0 Å². The van der Waals surface area contributed by atoms with Crippen LogP contribution < -0.4 is 5.32 Å². The van der Waals surface area contributed by atoms with Gasteiger partial charge in [-0.25, -0.2) is 4.79 Å². The second-order valence-corrected chi connectivity index (χ2v) is 9.88. The van der Waals surface area contributed by atoms with E-state index in [-0.39, 0.29) is 18.4 Å². The van der Waals surface area contributed by atoms with Crippen molar-refractivity contribution < 1.29 is 14.4 Å². The molecule has 2 aromatic carbocycles. The zero-order valence-electron chi connectivity index (χ0n) is 19.3. The highest BCUT2D eigenvalue weighted by Gasteiger charge is 2.52. The van der Waals surface area contributed by atoms with E-state index in [1.54, 1.807) is 4.90 Å². The molecule has 2 aromatic rings. The van der Waals surface area contributed by atoms with Crippen LogP contribution in [0.1, 0.15) is 38.2 Å². The number of fused-ring (bicyclic) bond motifs is 1. The van der Waals surface area contributed by atoms with Crippen molar-refractivity contribution in [1.82, 2.24) is 20.0 Å². The summed E-state index contributed by atoms with van der Waals surface area (Å²) in [6.07, 6.45) is 3.17. The molecule has 7 heteroatoms. The molecule has 1 aliphatic carbocycles. The minimum atomic E-state index is -0.791. The van der Waals surface area contributed by atoms with Crippen LogP contribution in [-0.4, -0.2) is 70.8 Å². The Morgan fingerprint density at radius 1 is 1.00 bits per heavy atom. The lowest BCUT2D eigenvalue weighted by molar-refractivity contribution is -0.140. The van der Waals surface area contributed by atoms with Crippen LogP contribution in [0.15, 0.2) is 42.5 Å². The molecular weight excluding hydrogens is 416 g/mol. The average Bonchev–Trinajstić information content (AvgIpc) is 3.06. The van der Waals surface area contributed by atoms with E-state index in [0.29, 0.717) is 31.8 Å². The number of imide groups is 1. The summed E-state index contributed by atoms with van der Waals surface area (Å²) >= 11 is 0. The topological polar surface area (TPSA) is 73.0 Å². The third kappa shape index (κ3) is 4.22. The van der Waals surface area contributed by atoms with Crippen LogP contribution in [0.2, 0.25) is 0 Å². The molecule has 2 saturated heterocycles. The van der Waals surface area contributed by atoms with Gasteiger partial charge in [0.05, 0.1) is 0 Å². The van der Waals surface area contributed by atoms with Crippen molar-refractivity contribution >= 4 is 28.6 Å².